The van der Waals surface area contributed by atoms with Crippen LogP contribution >= 0.6 is 0 Å². The molecule has 0 fully saturated rings. The van der Waals surface area contributed by atoms with Gasteiger partial charge in [-0.15, -0.1) is 0 Å². The molecule has 0 saturated carbocycles. The summed E-state index contributed by atoms with van der Waals surface area (Å²) < 4.78 is 61.5. The van der Waals surface area contributed by atoms with Gasteiger partial charge < -0.3 is 9.84 Å². The van der Waals surface area contributed by atoms with E-state index < -0.39 is 24.1 Å². The van der Waals surface area contributed by atoms with Crippen molar-refractivity contribution in [2.24, 2.45) is 0 Å². The highest BCUT2D eigenvalue weighted by molar-refractivity contribution is 5.71. The Bertz CT molecular complexity index is 1170. The molecule has 2 unspecified atom stereocenters. The van der Waals surface area contributed by atoms with Crippen molar-refractivity contribution < 1.29 is 27.4 Å². The number of aliphatic hydroxyl groups is 1. The van der Waals surface area contributed by atoms with E-state index in [-0.39, 0.29) is 45.9 Å². The molecule has 0 amide bonds. The fourth-order valence-corrected chi connectivity index (χ4v) is 3.70. The number of aliphatic hydroxyl groups excluding tert-OH is 1. The number of hydrogen-bond donors (Lipinski definition) is 1. The maximum atomic E-state index is 15.0. The number of halogens is 4. The van der Waals surface area contributed by atoms with Gasteiger partial charge in [-0.25, -0.2) is 13.5 Å². The summed E-state index contributed by atoms with van der Waals surface area (Å²) in [7, 11) is 0. The van der Waals surface area contributed by atoms with Crippen molar-refractivity contribution in [2.45, 2.75) is 31.7 Å². The molecule has 0 saturated heterocycles. The molecule has 4 rings (SSSR count). The first-order chi connectivity index (χ1) is 14.2. The molecule has 5 nitrogen and oxygen atoms in total. The van der Waals surface area contributed by atoms with E-state index >= 15 is 4.39 Å². The van der Waals surface area contributed by atoms with Crippen LogP contribution in [0.2, 0.25) is 0 Å². The van der Waals surface area contributed by atoms with Gasteiger partial charge in [0, 0.05) is 35.4 Å². The number of hydrogen-bond acceptors (Lipinski definition) is 4. The normalized spacial score (nSPS) is 20.3. The summed E-state index contributed by atoms with van der Waals surface area (Å²) in [6.07, 6.45) is -0.644. The van der Waals surface area contributed by atoms with Crippen molar-refractivity contribution in [2.75, 3.05) is 0 Å². The third kappa shape index (κ3) is 3.29. The van der Waals surface area contributed by atoms with Crippen LogP contribution in [0.5, 0.6) is 11.5 Å². The van der Waals surface area contributed by atoms with Gasteiger partial charge in [0.1, 0.15) is 29.1 Å². The summed E-state index contributed by atoms with van der Waals surface area (Å²) in [6.45, 7) is -1.72. The van der Waals surface area contributed by atoms with Crippen LogP contribution in [0.4, 0.5) is 17.6 Å². The third-order valence-corrected chi connectivity index (χ3v) is 5.04. The molecule has 2 aromatic carbocycles. The quantitative estimate of drug-likeness (QED) is 0.602. The molecule has 154 valence electrons. The van der Waals surface area contributed by atoms with E-state index in [1.54, 1.807) is 0 Å². The van der Waals surface area contributed by atoms with Crippen LogP contribution in [0, 0.1) is 17.1 Å². The number of nitriles is 1. The van der Waals surface area contributed by atoms with Crippen LogP contribution < -0.4 is 4.74 Å². The van der Waals surface area contributed by atoms with Gasteiger partial charge >= 0.3 is 6.55 Å². The number of benzene rings is 2. The van der Waals surface area contributed by atoms with Crippen LogP contribution in [0.3, 0.4) is 0 Å². The summed E-state index contributed by atoms with van der Waals surface area (Å²) >= 11 is 0. The zero-order chi connectivity index (χ0) is 21.6. The monoisotopic (exact) mass is 417 g/mol. The predicted octanol–water partition coefficient (Wildman–Crippen LogP) is 5.07. The third-order valence-electron chi connectivity index (χ3n) is 5.04. The van der Waals surface area contributed by atoms with E-state index in [4.69, 9.17) is 10.00 Å². The molecule has 30 heavy (non-hydrogen) atoms. The van der Waals surface area contributed by atoms with Crippen LogP contribution in [0.15, 0.2) is 42.6 Å². The number of ether oxygens (including phenoxy) is 1. The van der Waals surface area contributed by atoms with Crippen molar-refractivity contribution in [1.82, 2.24) is 9.78 Å². The van der Waals surface area contributed by atoms with Gasteiger partial charge in [-0.1, -0.05) is 0 Å². The average molecular weight is 417 g/mol. The van der Waals surface area contributed by atoms with Crippen LogP contribution in [0.1, 0.15) is 36.3 Å². The topological polar surface area (TPSA) is 71.1 Å². The number of alkyl halides is 3. The molecule has 9 heteroatoms. The Morgan fingerprint density at radius 1 is 1.30 bits per heavy atom. The molecule has 0 spiro atoms. The summed E-state index contributed by atoms with van der Waals surface area (Å²) in [5.74, 6) is -0.540. The molecule has 1 heterocycles. The van der Waals surface area contributed by atoms with Crippen molar-refractivity contribution in [1.29, 1.82) is 5.26 Å². The van der Waals surface area contributed by atoms with Gasteiger partial charge in [-0.2, -0.15) is 19.1 Å². The Kier molecular flexibility index (Phi) is 4.74. The van der Waals surface area contributed by atoms with E-state index in [1.165, 1.54) is 37.4 Å². The second-order valence-electron chi connectivity index (χ2n) is 7.19. The Balaban J connectivity index is 1.85. The van der Waals surface area contributed by atoms with Crippen molar-refractivity contribution >= 4 is 0 Å². The molecule has 0 aliphatic heterocycles. The first kappa shape index (κ1) is 19.9. The van der Waals surface area contributed by atoms with Gasteiger partial charge in [0.2, 0.25) is 0 Å². The smallest absolute Gasteiger partial charge is 0.333 e. The van der Waals surface area contributed by atoms with Crippen molar-refractivity contribution in [3.63, 3.8) is 0 Å². The Hall–Kier alpha value is -3.38. The first-order valence-corrected chi connectivity index (χ1v) is 8.94. The molecule has 1 aliphatic rings. The number of aromatic nitrogens is 2. The number of fused-ring (bicyclic) bond motifs is 1. The highest BCUT2D eigenvalue weighted by Crippen LogP contribution is 2.50. The molecule has 0 radical (unpaired) electrons. The standard InChI is InChI=1S/C21H15F4N3O2/c1-21(25)9-15-17(30-13-7-11(10-26)6-12(22)8-13)3-2-14(18(15)19(21)29)16-4-5-27-28(16)20(23)24/h2-8,19-20,29H,9H2,1H3. The lowest BCUT2D eigenvalue weighted by molar-refractivity contribution is 0.0181. The molecule has 2 atom stereocenters. The van der Waals surface area contributed by atoms with Crippen molar-refractivity contribution in [3.8, 4) is 28.8 Å². The molecule has 1 N–H and O–H groups in total. The van der Waals surface area contributed by atoms with E-state index in [2.05, 4.69) is 5.10 Å². The maximum Gasteiger partial charge on any atom is 0.333 e. The number of nitrogens with zero attached hydrogens (tertiary/aromatic N) is 3. The second-order valence-corrected chi connectivity index (χ2v) is 7.19. The molecular formula is C21H15F4N3O2. The highest BCUT2D eigenvalue weighted by Gasteiger charge is 2.45. The summed E-state index contributed by atoms with van der Waals surface area (Å²) in [5, 5.41) is 23.2. The maximum absolute atomic E-state index is 15.0. The molecular weight excluding hydrogens is 402 g/mol. The van der Waals surface area contributed by atoms with E-state index in [9.17, 15) is 18.3 Å². The Labute approximate surface area is 168 Å². The molecule has 1 aliphatic carbocycles. The summed E-state index contributed by atoms with van der Waals surface area (Å²) in [6, 6.07) is 9.41. The predicted molar refractivity (Wildman–Crippen MR) is 98.3 cm³/mol. The lowest BCUT2D eigenvalue weighted by Gasteiger charge is -2.19. The largest absolute Gasteiger partial charge is 0.457 e. The van der Waals surface area contributed by atoms with Crippen LogP contribution in [0.25, 0.3) is 11.3 Å². The van der Waals surface area contributed by atoms with E-state index in [0.29, 0.717) is 4.68 Å². The minimum absolute atomic E-state index is 0.0149. The van der Waals surface area contributed by atoms with Gasteiger partial charge in [-0.05, 0) is 37.3 Å². The lowest BCUT2D eigenvalue weighted by atomic mass is 9.97. The summed E-state index contributed by atoms with van der Waals surface area (Å²) in [4.78, 5) is 0. The lowest BCUT2D eigenvalue weighted by Crippen LogP contribution is -2.23. The van der Waals surface area contributed by atoms with Crippen molar-refractivity contribution in [3.05, 3.63) is 65.1 Å². The second kappa shape index (κ2) is 7.15. The summed E-state index contributed by atoms with van der Waals surface area (Å²) in [5.41, 5.74) is -1.43. The molecule has 0 bridgehead atoms. The Morgan fingerprint density at radius 2 is 2.07 bits per heavy atom. The van der Waals surface area contributed by atoms with Gasteiger partial charge in [-0.3, -0.25) is 0 Å². The van der Waals surface area contributed by atoms with E-state index in [0.717, 1.165) is 12.1 Å². The first-order valence-electron chi connectivity index (χ1n) is 8.94. The molecule has 1 aromatic heterocycles. The van der Waals surface area contributed by atoms with E-state index in [1.807, 2.05) is 6.07 Å². The van der Waals surface area contributed by atoms with Gasteiger partial charge in [0.25, 0.3) is 0 Å². The minimum atomic E-state index is -2.92. The fourth-order valence-electron chi connectivity index (χ4n) is 3.70. The SMILES string of the molecule is CC1(F)Cc2c(Oc3cc(F)cc(C#N)c3)ccc(-c3ccnn3C(F)F)c2C1O. The van der Waals surface area contributed by atoms with Crippen LogP contribution in [-0.4, -0.2) is 20.6 Å². The van der Waals surface area contributed by atoms with Gasteiger partial charge in [0.05, 0.1) is 17.3 Å². The zero-order valence-corrected chi connectivity index (χ0v) is 15.6. The molecule has 3 aromatic rings. The Morgan fingerprint density at radius 3 is 2.77 bits per heavy atom. The van der Waals surface area contributed by atoms with Crippen LogP contribution in [-0.2, 0) is 6.42 Å². The van der Waals surface area contributed by atoms with Gasteiger partial charge in [0.15, 0.2) is 0 Å². The minimum Gasteiger partial charge on any atom is -0.457 e. The average Bonchev–Trinajstić information content (AvgIpc) is 3.26. The number of rotatable bonds is 4. The fraction of sp³-hybridized carbons (Fsp3) is 0.238. The highest BCUT2D eigenvalue weighted by atomic mass is 19.3. The zero-order valence-electron chi connectivity index (χ0n) is 15.6.